The number of halogens is 1. The van der Waals surface area contributed by atoms with Crippen molar-refractivity contribution in [3.05, 3.63) is 52.7 Å². The van der Waals surface area contributed by atoms with Crippen LogP contribution in [0.5, 0.6) is 0 Å². The molecule has 3 rings (SSSR count). The summed E-state index contributed by atoms with van der Waals surface area (Å²) in [5, 5.41) is 6.95. The number of carbonyl (C=O) groups excluding carboxylic acids is 1. The van der Waals surface area contributed by atoms with Crippen LogP contribution in [-0.4, -0.2) is 42.5 Å². The molecule has 1 aliphatic rings. The number of piperidine rings is 1. The van der Waals surface area contributed by atoms with Gasteiger partial charge in [-0.15, -0.1) is 0 Å². The van der Waals surface area contributed by atoms with E-state index in [1.807, 2.05) is 0 Å². The average molecular weight is 388 g/mol. The molecule has 1 aliphatic heterocycles. The van der Waals surface area contributed by atoms with E-state index in [0.717, 1.165) is 25.1 Å². The van der Waals surface area contributed by atoms with Gasteiger partial charge in [-0.2, -0.15) is 5.10 Å². The third-order valence-electron chi connectivity index (χ3n) is 4.83. The van der Waals surface area contributed by atoms with Gasteiger partial charge in [-0.25, -0.2) is 9.07 Å². The maximum atomic E-state index is 13.2. The molecule has 28 heavy (non-hydrogen) atoms. The van der Waals surface area contributed by atoms with E-state index >= 15 is 0 Å². The number of anilines is 2. The molecule has 150 valence electrons. The predicted molar refractivity (Wildman–Crippen MR) is 105 cm³/mol. The fourth-order valence-corrected chi connectivity index (χ4v) is 3.45. The molecule has 1 N–H and O–H groups in total. The molecule has 0 saturated carbocycles. The molecule has 2 aromatic rings. The third kappa shape index (κ3) is 5.39. The van der Waals surface area contributed by atoms with Crippen LogP contribution < -0.4 is 15.8 Å². The van der Waals surface area contributed by atoms with Gasteiger partial charge < -0.3 is 15.0 Å². The number of amides is 1. The molecule has 1 aromatic heterocycles. The largest absolute Gasteiger partial charge is 0.383 e. The molecule has 1 saturated heterocycles. The van der Waals surface area contributed by atoms with Crippen LogP contribution >= 0.6 is 0 Å². The Hall–Kier alpha value is -2.74. The molecule has 0 radical (unpaired) electrons. The van der Waals surface area contributed by atoms with Crippen molar-refractivity contribution in [2.45, 2.75) is 25.8 Å². The zero-order valence-corrected chi connectivity index (χ0v) is 15.9. The Balaban J connectivity index is 1.58. The van der Waals surface area contributed by atoms with Crippen LogP contribution in [0.4, 0.5) is 15.8 Å². The maximum absolute atomic E-state index is 13.2. The van der Waals surface area contributed by atoms with Gasteiger partial charge in [-0.3, -0.25) is 9.59 Å². The number of nitrogens with one attached hydrogen (secondary N) is 1. The van der Waals surface area contributed by atoms with Gasteiger partial charge in [0.25, 0.3) is 5.56 Å². The van der Waals surface area contributed by atoms with E-state index in [2.05, 4.69) is 15.3 Å². The quantitative estimate of drug-likeness (QED) is 0.788. The first-order valence-electron chi connectivity index (χ1n) is 9.41. The highest BCUT2D eigenvalue weighted by atomic mass is 19.1. The lowest BCUT2D eigenvalue weighted by Gasteiger charge is -2.34. The molecule has 7 nitrogen and oxygen atoms in total. The van der Waals surface area contributed by atoms with Gasteiger partial charge in [0.1, 0.15) is 5.82 Å². The monoisotopic (exact) mass is 388 g/mol. The first kappa shape index (κ1) is 20.0. The highest BCUT2D eigenvalue weighted by Gasteiger charge is 2.23. The van der Waals surface area contributed by atoms with Crippen molar-refractivity contribution in [2.24, 2.45) is 5.92 Å². The summed E-state index contributed by atoms with van der Waals surface area (Å²) in [4.78, 5) is 26.6. The van der Waals surface area contributed by atoms with Crippen molar-refractivity contribution in [3.63, 3.8) is 0 Å². The summed E-state index contributed by atoms with van der Waals surface area (Å²) in [6.45, 7) is 2.35. The molecular formula is C20H25FN4O3. The second kappa shape index (κ2) is 9.45. The van der Waals surface area contributed by atoms with E-state index in [-0.39, 0.29) is 23.2 Å². The molecule has 0 spiro atoms. The van der Waals surface area contributed by atoms with Gasteiger partial charge in [-0.1, -0.05) is 6.07 Å². The van der Waals surface area contributed by atoms with Crippen molar-refractivity contribution in [2.75, 3.05) is 37.0 Å². The van der Waals surface area contributed by atoms with Crippen LogP contribution in [0.2, 0.25) is 0 Å². The number of ether oxygens (including phenoxy) is 1. The summed E-state index contributed by atoms with van der Waals surface area (Å²) in [6, 6.07) is 7.45. The standard InChI is InChI=1S/C20H25FN4O3/c1-28-9-8-25-20(27)12-18(13-22-25)24-7-3-4-15(14-24)10-19(26)23-17-6-2-5-16(21)11-17/h2,5-6,11-13,15H,3-4,7-10,14H2,1H3,(H,23,26). The first-order chi connectivity index (χ1) is 13.5. The Kier molecular flexibility index (Phi) is 6.76. The number of benzene rings is 1. The second-order valence-electron chi connectivity index (χ2n) is 6.98. The average Bonchev–Trinajstić information content (AvgIpc) is 2.67. The van der Waals surface area contributed by atoms with Gasteiger partial charge in [-0.05, 0) is 37.0 Å². The summed E-state index contributed by atoms with van der Waals surface area (Å²) < 4.78 is 19.6. The number of methoxy groups -OCH3 is 1. The molecule has 1 fully saturated rings. The SMILES string of the molecule is COCCn1ncc(N2CCCC(CC(=O)Nc3cccc(F)c3)C2)cc1=O. The van der Waals surface area contributed by atoms with E-state index in [1.54, 1.807) is 31.5 Å². The van der Waals surface area contributed by atoms with Gasteiger partial charge >= 0.3 is 0 Å². The molecule has 1 aromatic carbocycles. The predicted octanol–water partition coefficient (Wildman–Crippen LogP) is 2.27. The van der Waals surface area contributed by atoms with E-state index in [9.17, 15) is 14.0 Å². The van der Waals surface area contributed by atoms with Crippen LogP contribution in [0, 0.1) is 11.7 Å². The summed E-state index contributed by atoms with van der Waals surface area (Å²) in [6.07, 6.45) is 3.91. The topological polar surface area (TPSA) is 76.5 Å². The van der Waals surface area contributed by atoms with E-state index in [4.69, 9.17) is 4.74 Å². The van der Waals surface area contributed by atoms with Crippen molar-refractivity contribution >= 4 is 17.3 Å². The van der Waals surface area contributed by atoms with Gasteiger partial charge in [0.15, 0.2) is 0 Å². The molecule has 1 unspecified atom stereocenters. The van der Waals surface area contributed by atoms with Crippen molar-refractivity contribution in [1.82, 2.24) is 9.78 Å². The molecule has 2 heterocycles. The Morgan fingerprint density at radius 3 is 3.00 bits per heavy atom. The second-order valence-corrected chi connectivity index (χ2v) is 6.98. The van der Waals surface area contributed by atoms with Crippen LogP contribution in [-0.2, 0) is 16.1 Å². The number of nitrogens with zero attached hydrogens (tertiary/aromatic N) is 3. The van der Waals surface area contributed by atoms with E-state index < -0.39 is 0 Å². The van der Waals surface area contributed by atoms with Gasteiger partial charge in [0.05, 0.1) is 25.0 Å². The highest BCUT2D eigenvalue weighted by molar-refractivity contribution is 5.90. The summed E-state index contributed by atoms with van der Waals surface area (Å²) in [5.41, 5.74) is 1.07. The lowest BCUT2D eigenvalue weighted by atomic mass is 9.94. The molecule has 0 aliphatic carbocycles. The van der Waals surface area contributed by atoms with Crippen LogP contribution in [0.15, 0.2) is 41.3 Å². The Morgan fingerprint density at radius 1 is 1.39 bits per heavy atom. The molecular weight excluding hydrogens is 363 g/mol. The van der Waals surface area contributed by atoms with Crippen LogP contribution in [0.25, 0.3) is 0 Å². The fourth-order valence-electron chi connectivity index (χ4n) is 3.45. The lowest BCUT2D eigenvalue weighted by molar-refractivity contribution is -0.117. The van der Waals surface area contributed by atoms with Crippen LogP contribution in [0.1, 0.15) is 19.3 Å². The van der Waals surface area contributed by atoms with E-state index in [1.165, 1.54) is 16.8 Å². The molecule has 1 amide bonds. The minimum absolute atomic E-state index is 0.134. The first-order valence-corrected chi connectivity index (χ1v) is 9.41. The van der Waals surface area contributed by atoms with Gasteiger partial charge in [0.2, 0.25) is 5.91 Å². The summed E-state index contributed by atoms with van der Waals surface area (Å²) in [7, 11) is 1.58. The Bertz CT molecular complexity index is 871. The zero-order chi connectivity index (χ0) is 19.9. The Morgan fingerprint density at radius 2 is 2.25 bits per heavy atom. The van der Waals surface area contributed by atoms with Gasteiger partial charge in [0, 0.05) is 38.4 Å². The fraction of sp³-hybridized carbons (Fsp3) is 0.450. The minimum Gasteiger partial charge on any atom is -0.383 e. The third-order valence-corrected chi connectivity index (χ3v) is 4.83. The Labute approximate surface area is 163 Å². The van der Waals surface area contributed by atoms with Crippen molar-refractivity contribution < 1.29 is 13.9 Å². The molecule has 8 heteroatoms. The summed E-state index contributed by atoms with van der Waals surface area (Å²) in [5.74, 6) is -0.349. The number of rotatable bonds is 7. The zero-order valence-electron chi connectivity index (χ0n) is 15.9. The number of aromatic nitrogens is 2. The maximum Gasteiger partial charge on any atom is 0.268 e. The molecule has 0 bridgehead atoms. The number of hydrogen-bond acceptors (Lipinski definition) is 5. The van der Waals surface area contributed by atoms with Crippen molar-refractivity contribution in [1.29, 1.82) is 0 Å². The smallest absolute Gasteiger partial charge is 0.268 e. The van der Waals surface area contributed by atoms with Crippen LogP contribution in [0.3, 0.4) is 0 Å². The highest BCUT2D eigenvalue weighted by Crippen LogP contribution is 2.24. The molecule has 1 atom stereocenters. The minimum atomic E-state index is -0.380. The van der Waals surface area contributed by atoms with E-state index in [0.29, 0.717) is 31.8 Å². The van der Waals surface area contributed by atoms with Crippen molar-refractivity contribution in [3.8, 4) is 0 Å². The summed E-state index contributed by atoms with van der Waals surface area (Å²) >= 11 is 0. The number of hydrogen-bond donors (Lipinski definition) is 1. The normalized spacial score (nSPS) is 16.8. The number of carbonyl (C=O) groups is 1. The lowest BCUT2D eigenvalue weighted by Crippen LogP contribution is -2.38.